The van der Waals surface area contributed by atoms with Gasteiger partial charge in [0.15, 0.2) is 0 Å². The normalized spacial score (nSPS) is 23.3. The molecule has 2 aliphatic heterocycles. The summed E-state index contributed by atoms with van der Waals surface area (Å²) in [5, 5.41) is 0. The van der Waals surface area contributed by atoms with Crippen LogP contribution in [0.5, 0.6) is 0 Å². The molecule has 0 bridgehead atoms. The Morgan fingerprint density at radius 2 is 1.37 bits per heavy atom. The maximum absolute atomic E-state index is 13.4. The standard InChI is InChI=1S/C25H22N2O3/c28-24-23(27-21(17-30-25(27)29)16-18-10-4-1-5-11-18)22(19-12-6-2-7-13-19)26(24)20-14-8-3-9-15-20/h1-15,21-23H,16-17H2/t21-,22+,23-/m1/s1. The number of anilines is 1. The summed E-state index contributed by atoms with van der Waals surface area (Å²) in [6.45, 7) is 0.296. The van der Waals surface area contributed by atoms with E-state index < -0.39 is 12.1 Å². The summed E-state index contributed by atoms with van der Waals surface area (Å²) in [5.74, 6) is -0.0769. The van der Waals surface area contributed by atoms with Crippen molar-refractivity contribution in [3.05, 3.63) is 102 Å². The van der Waals surface area contributed by atoms with E-state index in [9.17, 15) is 9.59 Å². The van der Waals surface area contributed by atoms with Crippen molar-refractivity contribution in [1.29, 1.82) is 0 Å². The zero-order valence-corrected chi connectivity index (χ0v) is 16.4. The highest BCUT2D eigenvalue weighted by Crippen LogP contribution is 2.43. The summed E-state index contributed by atoms with van der Waals surface area (Å²) in [4.78, 5) is 29.5. The number of hydrogen-bond donors (Lipinski definition) is 0. The van der Waals surface area contributed by atoms with E-state index in [1.54, 1.807) is 9.80 Å². The van der Waals surface area contributed by atoms with Crippen LogP contribution < -0.4 is 4.90 Å². The maximum Gasteiger partial charge on any atom is 0.410 e. The molecular weight excluding hydrogens is 376 g/mol. The fourth-order valence-electron chi connectivity index (χ4n) is 4.46. The molecule has 5 heteroatoms. The minimum absolute atomic E-state index is 0.0769. The number of benzene rings is 3. The molecule has 0 aliphatic carbocycles. The molecule has 2 aliphatic rings. The summed E-state index contributed by atoms with van der Waals surface area (Å²) in [6, 6.07) is 28.5. The highest BCUT2D eigenvalue weighted by atomic mass is 16.6. The van der Waals surface area contributed by atoms with Crippen LogP contribution in [0.15, 0.2) is 91.0 Å². The first kappa shape index (κ1) is 18.4. The quantitative estimate of drug-likeness (QED) is 0.605. The first-order chi connectivity index (χ1) is 14.7. The summed E-state index contributed by atoms with van der Waals surface area (Å²) in [6.07, 6.45) is 0.242. The van der Waals surface area contributed by atoms with Crippen LogP contribution >= 0.6 is 0 Å². The largest absolute Gasteiger partial charge is 0.447 e. The Labute approximate surface area is 175 Å². The smallest absolute Gasteiger partial charge is 0.410 e. The van der Waals surface area contributed by atoms with Gasteiger partial charge in [-0.25, -0.2) is 4.79 Å². The van der Waals surface area contributed by atoms with Crippen molar-refractivity contribution in [2.75, 3.05) is 11.5 Å². The van der Waals surface area contributed by atoms with Crippen molar-refractivity contribution < 1.29 is 14.3 Å². The zero-order chi connectivity index (χ0) is 20.5. The van der Waals surface area contributed by atoms with Gasteiger partial charge in [-0.1, -0.05) is 78.9 Å². The predicted molar refractivity (Wildman–Crippen MR) is 114 cm³/mol. The lowest BCUT2D eigenvalue weighted by atomic mass is 9.85. The van der Waals surface area contributed by atoms with E-state index in [0.717, 1.165) is 16.8 Å². The lowest BCUT2D eigenvalue weighted by molar-refractivity contribution is -0.131. The molecule has 0 N–H and O–H groups in total. The minimum Gasteiger partial charge on any atom is -0.447 e. The zero-order valence-electron chi connectivity index (χ0n) is 16.4. The molecule has 0 radical (unpaired) electrons. The van der Waals surface area contributed by atoms with Crippen LogP contribution in [0.4, 0.5) is 10.5 Å². The van der Waals surface area contributed by atoms with Gasteiger partial charge >= 0.3 is 6.09 Å². The van der Waals surface area contributed by atoms with Crippen LogP contribution in [0.3, 0.4) is 0 Å². The van der Waals surface area contributed by atoms with Gasteiger partial charge in [0.05, 0.1) is 12.1 Å². The number of β-lactam (4-membered cyclic amide) rings is 1. The number of nitrogens with zero attached hydrogens (tertiary/aromatic N) is 2. The molecule has 2 saturated heterocycles. The molecule has 0 spiro atoms. The van der Waals surface area contributed by atoms with E-state index in [1.807, 2.05) is 91.0 Å². The van der Waals surface area contributed by atoms with Gasteiger partial charge in [0.25, 0.3) is 5.91 Å². The molecule has 5 rings (SSSR count). The molecule has 0 unspecified atom stereocenters. The fraction of sp³-hybridized carbons (Fsp3) is 0.200. The average molecular weight is 398 g/mol. The third kappa shape index (κ3) is 3.12. The highest BCUT2D eigenvalue weighted by molar-refractivity contribution is 6.07. The van der Waals surface area contributed by atoms with E-state index in [1.165, 1.54) is 0 Å². The lowest BCUT2D eigenvalue weighted by Gasteiger charge is -2.51. The maximum atomic E-state index is 13.4. The van der Waals surface area contributed by atoms with Crippen LogP contribution in [0, 0.1) is 0 Å². The molecule has 2 fully saturated rings. The van der Waals surface area contributed by atoms with Gasteiger partial charge < -0.3 is 9.64 Å². The van der Waals surface area contributed by atoms with E-state index in [4.69, 9.17) is 4.74 Å². The van der Waals surface area contributed by atoms with E-state index in [-0.39, 0.29) is 18.0 Å². The monoisotopic (exact) mass is 398 g/mol. The highest BCUT2D eigenvalue weighted by Gasteiger charge is 2.56. The molecule has 2 amide bonds. The second-order valence-electron chi connectivity index (χ2n) is 7.67. The summed E-state index contributed by atoms with van der Waals surface area (Å²) in [7, 11) is 0. The molecular formula is C25H22N2O3. The molecule has 5 nitrogen and oxygen atoms in total. The first-order valence-electron chi connectivity index (χ1n) is 10.2. The molecule has 3 aromatic carbocycles. The van der Waals surface area contributed by atoms with Gasteiger partial charge in [0.1, 0.15) is 12.6 Å². The summed E-state index contributed by atoms with van der Waals surface area (Å²) >= 11 is 0. The van der Waals surface area contributed by atoms with Crippen molar-refractivity contribution >= 4 is 17.7 Å². The summed E-state index contributed by atoms with van der Waals surface area (Å²) in [5.41, 5.74) is 2.96. The average Bonchev–Trinajstić information content (AvgIpc) is 3.13. The molecule has 0 aromatic heterocycles. The molecule has 30 heavy (non-hydrogen) atoms. The van der Waals surface area contributed by atoms with Crippen LogP contribution in [0.2, 0.25) is 0 Å². The Balaban J connectivity index is 1.49. The predicted octanol–water partition coefficient (Wildman–Crippen LogP) is 4.21. The van der Waals surface area contributed by atoms with E-state index >= 15 is 0 Å². The lowest BCUT2D eigenvalue weighted by Crippen LogP contribution is -2.67. The van der Waals surface area contributed by atoms with Crippen molar-refractivity contribution in [1.82, 2.24) is 4.90 Å². The van der Waals surface area contributed by atoms with Crippen LogP contribution in [-0.2, 0) is 16.0 Å². The van der Waals surface area contributed by atoms with Gasteiger partial charge in [0.2, 0.25) is 0 Å². The molecule has 3 atom stereocenters. The first-order valence-corrected chi connectivity index (χ1v) is 10.2. The number of carbonyl (C=O) groups excluding carboxylic acids is 2. The Morgan fingerprint density at radius 3 is 2.03 bits per heavy atom. The Kier molecular flexibility index (Phi) is 4.71. The van der Waals surface area contributed by atoms with Gasteiger partial charge in [-0.3, -0.25) is 9.69 Å². The topological polar surface area (TPSA) is 49.9 Å². The Bertz CT molecular complexity index is 1040. The van der Waals surface area contributed by atoms with Crippen LogP contribution in [-0.4, -0.2) is 35.6 Å². The van der Waals surface area contributed by atoms with Crippen molar-refractivity contribution in [3.8, 4) is 0 Å². The fourth-order valence-corrected chi connectivity index (χ4v) is 4.46. The molecule has 3 aromatic rings. The third-order valence-corrected chi connectivity index (χ3v) is 5.86. The summed E-state index contributed by atoms with van der Waals surface area (Å²) < 4.78 is 5.40. The van der Waals surface area contributed by atoms with Crippen molar-refractivity contribution in [2.24, 2.45) is 0 Å². The molecule has 2 heterocycles. The number of para-hydroxylation sites is 1. The van der Waals surface area contributed by atoms with Gasteiger partial charge in [-0.15, -0.1) is 0 Å². The second kappa shape index (κ2) is 7.67. The van der Waals surface area contributed by atoms with E-state index in [0.29, 0.717) is 13.0 Å². The number of amides is 2. The SMILES string of the molecule is O=C1[C@H](N2C(=O)OC[C@H]2Cc2ccccc2)[C@H](c2ccccc2)N1c1ccccc1. The number of hydrogen-bond acceptors (Lipinski definition) is 3. The Hall–Kier alpha value is -3.60. The Morgan fingerprint density at radius 1 is 0.767 bits per heavy atom. The number of carbonyl (C=O) groups is 2. The van der Waals surface area contributed by atoms with Crippen LogP contribution in [0.25, 0.3) is 0 Å². The van der Waals surface area contributed by atoms with Crippen molar-refractivity contribution in [3.63, 3.8) is 0 Å². The minimum atomic E-state index is -0.573. The third-order valence-electron chi connectivity index (χ3n) is 5.86. The molecule has 0 saturated carbocycles. The molecule has 150 valence electrons. The number of rotatable bonds is 5. The number of ether oxygens (including phenoxy) is 1. The van der Waals surface area contributed by atoms with Crippen molar-refractivity contribution in [2.45, 2.75) is 24.5 Å². The van der Waals surface area contributed by atoms with Gasteiger partial charge in [0, 0.05) is 5.69 Å². The van der Waals surface area contributed by atoms with Gasteiger partial charge in [-0.05, 0) is 29.7 Å². The van der Waals surface area contributed by atoms with Gasteiger partial charge in [-0.2, -0.15) is 0 Å². The second-order valence-corrected chi connectivity index (χ2v) is 7.67. The van der Waals surface area contributed by atoms with Crippen LogP contribution in [0.1, 0.15) is 17.2 Å². The number of cyclic esters (lactones) is 1. The van der Waals surface area contributed by atoms with E-state index in [2.05, 4.69) is 0 Å².